The second-order valence-electron chi connectivity index (χ2n) is 5.17. The van der Waals surface area contributed by atoms with Gasteiger partial charge < -0.3 is 10.3 Å². The van der Waals surface area contributed by atoms with Crippen LogP contribution in [-0.2, 0) is 7.05 Å². The number of hydrogen-bond acceptors (Lipinski definition) is 2. The molecule has 0 aliphatic carbocycles. The van der Waals surface area contributed by atoms with E-state index in [0.29, 0.717) is 0 Å². The van der Waals surface area contributed by atoms with Crippen molar-refractivity contribution in [2.75, 3.05) is 0 Å². The van der Waals surface area contributed by atoms with Crippen LogP contribution < -0.4 is 5.73 Å². The highest BCUT2D eigenvalue weighted by atomic mass is 16.1. The number of aryl methyl sites for hydroxylation is 1. The van der Waals surface area contributed by atoms with Crippen LogP contribution >= 0.6 is 0 Å². The Balaban J connectivity index is 2.64. The number of rotatable bonds is 3. The summed E-state index contributed by atoms with van der Waals surface area (Å²) in [4.78, 5) is 12.5. The summed E-state index contributed by atoms with van der Waals surface area (Å²) < 4.78 is 2.05. The maximum atomic E-state index is 12.5. The molecule has 0 bridgehead atoms. The van der Waals surface area contributed by atoms with Gasteiger partial charge in [-0.15, -0.1) is 0 Å². The fourth-order valence-corrected chi connectivity index (χ4v) is 2.30. The summed E-state index contributed by atoms with van der Waals surface area (Å²) >= 11 is 0. The minimum atomic E-state index is -0.436. The minimum absolute atomic E-state index is 0.0410. The Morgan fingerprint density at radius 2 is 1.89 bits per heavy atom. The number of carbonyl (C=O) groups is 1. The van der Waals surface area contributed by atoms with Gasteiger partial charge >= 0.3 is 0 Å². The summed E-state index contributed by atoms with van der Waals surface area (Å²) in [6.45, 7) is 5.92. The molecule has 0 amide bonds. The lowest BCUT2D eigenvalue weighted by Gasteiger charge is -2.14. The van der Waals surface area contributed by atoms with E-state index < -0.39 is 6.04 Å². The average molecular weight is 244 g/mol. The number of nitrogens with zero attached hydrogens (tertiary/aromatic N) is 1. The summed E-state index contributed by atoms with van der Waals surface area (Å²) in [6.07, 6.45) is 0. The Hall–Kier alpha value is -1.61. The lowest BCUT2D eigenvalue weighted by Crippen LogP contribution is -2.35. The van der Waals surface area contributed by atoms with Gasteiger partial charge in [0.2, 0.25) is 0 Å². The normalized spacial score (nSPS) is 13.2. The Morgan fingerprint density at radius 1 is 1.28 bits per heavy atom. The monoisotopic (exact) mass is 244 g/mol. The van der Waals surface area contributed by atoms with Crippen molar-refractivity contribution in [1.29, 1.82) is 0 Å². The fraction of sp³-hybridized carbons (Fsp3) is 0.400. The molecule has 1 aromatic carbocycles. The zero-order valence-electron chi connectivity index (χ0n) is 11.4. The molecule has 0 radical (unpaired) electrons. The maximum Gasteiger partial charge on any atom is 0.182 e. The van der Waals surface area contributed by atoms with E-state index in [1.54, 1.807) is 0 Å². The van der Waals surface area contributed by atoms with Crippen LogP contribution in [0.2, 0.25) is 0 Å². The molecule has 1 unspecified atom stereocenters. The van der Waals surface area contributed by atoms with Gasteiger partial charge in [0.15, 0.2) is 5.78 Å². The van der Waals surface area contributed by atoms with E-state index in [1.165, 1.54) is 0 Å². The highest BCUT2D eigenvalue weighted by Crippen LogP contribution is 2.26. The van der Waals surface area contributed by atoms with Gasteiger partial charge in [0, 0.05) is 29.2 Å². The predicted octanol–water partition coefficient (Wildman–Crippen LogP) is 2.65. The molecule has 0 aliphatic rings. The highest BCUT2D eigenvalue weighted by molar-refractivity contribution is 6.11. The van der Waals surface area contributed by atoms with Crippen molar-refractivity contribution in [3.63, 3.8) is 0 Å². The number of para-hydroxylation sites is 1. The van der Waals surface area contributed by atoms with Crippen molar-refractivity contribution < 1.29 is 4.79 Å². The van der Waals surface area contributed by atoms with E-state index in [2.05, 4.69) is 4.57 Å². The molecule has 1 heterocycles. The average Bonchev–Trinajstić information content (AvgIpc) is 2.61. The minimum Gasteiger partial charge on any atom is -0.347 e. The van der Waals surface area contributed by atoms with Crippen LogP contribution in [0, 0.1) is 12.8 Å². The Bertz CT molecular complexity index is 596. The van der Waals surface area contributed by atoms with Crippen molar-refractivity contribution in [1.82, 2.24) is 4.57 Å². The standard InChI is InChI=1S/C15H20N2O/c1-9(2)14(16)15(18)13-10(3)17(4)12-8-6-5-7-11(12)13/h5-9,14H,16H2,1-4H3. The van der Waals surface area contributed by atoms with Crippen molar-refractivity contribution in [3.05, 3.63) is 35.5 Å². The van der Waals surface area contributed by atoms with Gasteiger partial charge in [0.1, 0.15) is 0 Å². The summed E-state index contributed by atoms with van der Waals surface area (Å²) in [7, 11) is 1.98. The van der Waals surface area contributed by atoms with Crippen LogP contribution in [0.5, 0.6) is 0 Å². The van der Waals surface area contributed by atoms with E-state index >= 15 is 0 Å². The number of hydrogen-bond donors (Lipinski definition) is 1. The third kappa shape index (κ3) is 1.85. The van der Waals surface area contributed by atoms with Crippen LogP contribution in [-0.4, -0.2) is 16.4 Å². The molecule has 1 aromatic heterocycles. The van der Waals surface area contributed by atoms with E-state index in [1.807, 2.05) is 52.1 Å². The molecular weight excluding hydrogens is 224 g/mol. The Kier molecular flexibility index (Phi) is 3.26. The third-order valence-corrected chi connectivity index (χ3v) is 3.67. The largest absolute Gasteiger partial charge is 0.347 e. The maximum absolute atomic E-state index is 12.5. The topological polar surface area (TPSA) is 48.0 Å². The van der Waals surface area contributed by atoms with Crippen LogP contribution in [0.25, 0.3) is 10.9 Å². The Labute approximate surface area is 108 Å². The number of benzene rings is 1. The van der Waals surface area contributed by atoms with E-state index in [-0.39, 0.29) is 11.7 Å². The van der Waals surface area contributed by atoms with E-state index in [9.17, 15) is 4.79 Å². The first kappa shape index (κ1) is 12.8. The second kappa shape index (κ2) is 4.58. The lowest BCUT2D eigenvalue weighted by atomic mass is 9.94. The molecule has 0 saturated heterocycles. The molecule has 3 heteroatoms. The molecule has 18 heavy (non-hydrogen) atoms. The van der Waals surface area contributed by atoms with Gasteiger partial charge in [-0.25, -0.2) is 0 Å². The van der Waals surface area contributed by atoms with Crippen LogP contribution in [0.3, 0.4) is 0 Å². The predicted molar refractivity (Wildman–Crippen MR) is 74.8 cm³/mol. The van der Waals surface area contributed by atoms with Crippen molar-refractivity contribution in [2.24, 2.45) is 18.7 Å². The van der Waals surface area contributed by atoms with E-state index in [4.69, 9.17) is 5.73 Å². The SMILES string of the molecule is Cc1c(C(=O)C(N)C(C)C)c2ccccc2n1C. The number of nitrogens with two attached hydrogens (primary N) is 1. The molecule has 0 aliphatic heterocycles. The van der Waals surface area contributed by atoms with Crippen molar-refractivity contribution >= 4 is 16.7 Å². The fourth-order valence-electron chi connectivity index (χ4n) is 2.30. The molecule has 1 atom stereocenters. The molecule has 2 rings (SSSR count). The summed E-state index contributed by atoms with van der Waals surface area (Å²) in [6, 6.07) is 7.52. The van der Waals surface area contributed by atoms with Crippen LogP contribution in [0.4, 0.5) is 0 Å². The first-order chi connectivity index (χ1) is 8.45. The molecule has 2 N–H and O–H groups in total. The number of fused-ring (bicyclic) bond motifs is 1. The highest BCUT2D eigenvalue weighted by Gasteiger charge is 2.24. The van der Waals surface area contributed by atoms with Crippen LogP contribution in [0.1, 0.15) is 29.9 Å². The molecule has 3 nitrogen and oxygen atoms in total. The molecule has 0 fully saturated rings. The first-order valence-corrected chi connectivity index (χ1v) is 6.29. The van der Waals surface area contributed by atoms with Crippen molar-refractivity contribution in [2.45, 2.75) is 26.8 Å². The molecule has 96 valence electrons. The summed E-state index contributed by atoms with van der Waals surface area (Å²) in [5.41, 5.74) is 8.84. The second-order valence-corrected chi connectivity index (χ2v) is 5.17. The first-order valence-electron chi connectivity index (χ1n) is 6.29. The zero-order chi connectivity index (χ0) is 13.4. The van der Waals surface area contributed by atoms with Gasteiger partial charge in [0.25, 0.3) is 0 Å². The molecule has 2 aromatic rings. The summed E-state index contributed by atoms with van der Waals surface area (Å²) in [5, 5.41) is 0.999. The van der Waals surface area contributed by atoms with Gasteiger partial charge in [0.05, 0.1) is 6.04 Å². The van der Waals surface area contributed by atoms with Gasteiger partial charge in [-0.3, -0.25) is 4.79 Å². The van der Waals surface area contributed by atoms with Gasteiger partial charge in [-0.1, -0.05) is 32.0 Å². The number of carbonyl (C=O) groups excluding carboxylic acids is 1. The van der Waals surface area contributed by atoms with Gasteiger partial charge in [-0.2, -0.15) is 0 Å². The number of ketones is 1. The number of Topliss-reactive ketones (excluding diaryl/α,β-unsaturated/α-hetero) is 1. The number of aromatic nitrogens is 1. The quantitative estimate of drug-likeness (QED) is 0.844. The summed E-state index contributed by atoms with van der Waals surface area (Å²) in [5.74, 6) is 0.190. The van der Waals surface area contributed by atoms with Crippen LogP contribution in [0.15, 0.2) is 24.3 Å². The third-order valence-electron chi connectivity index (χ3n) is 3.67. The molecular formula is C15H20N2O. The lowest BCUT2D eigenvalue weighted by molar-refractivity contribution is 0.0941. The smallest absolute Gasteiger partial charge is 0.182 e. The molecule has 0 spiro atoms. The van der Waals surface area contributed by atoms with Gasteiger partial charge in [-0.05, 0) is 18.9 Å². The Morgan fingerprint density at radius 3 is 2.50 bits per heavy atom. The molecule has 0 saturated carbocycles. The van der Waals surface area contributed by atoms with Crippen molar-refractivity contribution in [3.8, 4) is 0 Å². The zero-order valence-corrected chi connectivity index (χ0v) is 11.4. The van der Waals surface area contributed by atoms with E-state index in [0.717, 1.165) is 22.2 Å².